The van der Waals surface area contributed by atoms with Crippen molar-refractivity contribution in [1.82, 2.24) is 0 Å². The van der Waals surface area contributed by atoms with Crippen LogP contribution in [0.1, 0.15) is 94.3 Å². The molecule has 0 aliphatic carbocycles. The van der Waals surface area contributed by atoms with E-state index in [2.05, 4.69) is 6.92 Å². The molecule has 1 rings (SSSR count). The monoisotopic (exact) mass is 348 g/mol. The Kier molecular flexibility index (Phi) is 11.6. The summed E-state index contributed by atoms with van der Waals surface area (Å²) in [6, 6.07) is 5.04. The third-order valence-corrected chi connectivity index (χ3v) is 4.59. The average molecular weight is 349 g/mol. The van der Waals surface area contributed by atoms with Gasteiger partial charge in [0.2, 0.25) is 0 Å². The molecule has 1 aromatic rings. The quantitative estimate of drug-likeness (QED) is 0.256. The molecule has 0 unspecified atom stereocenters. The summed E-state index contributed by atoms with van der Waals surface area (Å²) >= 11 is 0. The smallest absolute Gasteiger partial charge is 0.340 e. The Morgan fingerprint density at radius 1 is 0.840 bits per heavy atom. The molecule has 4 heteroatoms. The van der Waals surface area contributed by atoms with Crippen molar-refractivity contribution in [2.75, 3.05) is 18.1 Å². The largest absolute Gasteiger partial charge is 0.462 e. The van der Waals surface area contributed by atoms with Gasteiger partial charge in [-0.2, -0.15) is 0 Å². The van der Waals surface area contributed by atoms with E-state index in [4.69, 9.17) is 16.2 Å². The van der Waals surface area contributed by atoms with E-state index in [1.165, 1.54) is 64.2 Å². The summed E-state index contributed by atoms with van der Waals surface area (Å²) in [5, 5.41) is 0. The molecule has 0 atom stereocenters. The van der Waals surface area contributed by atoms with Crippen LogP contribution in [-0.4, -0.2) is 12.6 Å². The summed E-state index contributed by atoms with van der Waals surface area (Å²) in [6.45, 7) is 2.71. The Labute approximate surface area is 153 Å². The van der Waals surface area contributed by atoms with Gasteiger partial charge < -0.3 is 16.2 Å². The number of esters is 1. The molecule has 0 aliphatic rings. The van der Waals surface area contributed by atoms with E-state index in [1.807, 2.05) is 0 Å². The van der Waals surface area contributed by atoms with E-state index in [1.54, 1.807) is 18.2 Å². The van der Waals surface area contributed by atoms with Gasteiger partial charge in [0.25, 0.3) is 0 Å². The Hall–Kier alpha value is -1.71. The zero-order valence-corrected chi connectivity index (χ0v) is 15.9. The Balaban J connectivity index is 1.95. The molecule has 0 aromatic heterocycles. The van der Waals surface area contributed by atoms with Crippen LogP contribution in [0.3, 0.4) is 0 Å². The predicted molar refractivity (Wildman–Crippen MR) is 107 cm³/mol. The van der Waals surface area contributed by atoms with Crippen LogP contribution in [0.15, 0.2) is 18.2 Å². The van der Waals surface area contributed by atoms with Gasteiger partial charge in [-0.05, 0) is 18.6 Å². The number of hydrogen-bond donors (Lipinski definition) is 2. The van der Waals surface area contributed by atoms with Crippen molar-refractivity contribution < 1.29 is 9.53 Å². The molecule has 0 aliphatic heterocycles. The molecule has 142 valence electrons. The van der Waals surface area contributed by atoms with Crippen LogP contribution < -0.4 is 11.5 Å². The zero-order chi connectivity index (χ0) is 18.3. The maximum Gasteiger partial charge on any atom is 0.340 e. The first-order valence-electron chi connectivity index (χ1n) is 9.98. The maximum absolute atomic E-state index is 12.0. The summed E-state index contributed by atoms with van der Waals surface area (Å²) in [5.41, 5.74) is 12.6. The van der Waals surface area contributed by atoms with Crippen molar-refractivity contribution in [2.24, 2.45) is 0 Å². The lowest BCUT2D eigenvalue weighted by atomic mass is 10.1. The molecule has 0 heterocycles. The number of carbonyl (C=O) groups is 1. The second-order valence-electron chi connectivity index (χ2n) is 6.83. The lowest BCUT2D eigenvalue weighted by Crippen LogP contribution is -2.10. The number of benzene rings is 1. The van der Waals surface area contributed by atoms with Crippen molar-refractivity contribution in [3.05, 3.63) is 23.8 Å². The summed E-state index contributed by atoms with van der Waals surface area (Å²) in [6.07, 6.45) is 15.5. The molecule has 25 heavy (non-hydrogen) atoms. The fourth-order valence-corrected chi connectivity index (χ4v) is 2.95. The molecule has 0 spiro atoms. The number of ether oxygens (including phenoxy) is 1. The highest BCUT2D eigenvalue weighted by Gasteiger charge is 2.12. The van der Waals surface area contributed by atoms with Crippen molar-refractivity contribution in [3.8, 4) is 0 Å². The highest BCUT2D eigenvalue weighted by Crippen LogP contribution is 2.20. The van der Waals surface area contributed by atoms with Crippen LogP contribution in [0.2, 0.25) is 0 Å². The lowest BCUT2D eigenvalue weighted by molar-refractivity contribution is 0.0499. The highest BCUT2D eigenvalue weighted by atomic mass is 16.5. The van der Waals surface area contributed by atoms with Crippen LogP contribution in [-0.2, 0) is 4.74 Å². The first kappa shape index (κ1) is 21.3. The van der Waals surface area contributed by atoms with Gasteiger partial charge in [0.1, 0.15) is 0 Å². The minimum atomic E-state index is -0.382. The van der Waals surface area contributed by atoms with E-state index in [0.717, 1.165) is 12.8 Å². The number of anilines is 2. The molecular weight excluding hydrogens is 312 g/mol. The van der Waals surface area contributed by atoms with Crippen LogP contribution >= 0.6 is 0 Å². The van der Waals surface area contributed by atoms with Crippen LogP contribution in [0.25, 0.3) is 0 Å². The minimum Gasteiger partial charge on any atom is -0.462 e. The fourth-order valence-electron chi connectivity index (χ4n) is 2.95. The molecule has 1 aromatic carbocycles. The number of carbonyl (C=O) groups excluding carboxylic acids is 1. The minimum absolute atomic E-state index is 0.308. The van der Waals surface area contributed by atoms with Crippen LogP contribution in [0.4, 0.5) is 11.4 Å². The topological polar surface area (TPSA) is 78.3 Å². The molecule has 4 nitrogen and oxygen atoms in total. The standard InChI is InChI=1S/C21H36N2O2/c1-2-3-4-5-6-7-8-9-10-11-12-13-17-25-21(24)18-15-14-16-19(22)20(18)23/h14-16H,2-13,17,22-23H2,1H3. The normalized spacial score (nSPS) is 10.8. The second-order valence-corrected chi connectivity index (χ2v) is 6.83. The molecule has 0 saturated heterocycles. The fraction of sp³-hybridized carbons (Fsp3) is 0.667. The summed E-state index contributed by atoms with van der Waals surface area (Å²) < 4.78 is 5.28. The van der Waals surface area contributed by atoms with Gasteiger partial charge in [0.15, 0.2) is 0 Å². The average Bonchev–Trinajstić information content (AvgIpc) is 2.61. The van der Waals surface area contributed by atoms with E-state index in [9.17, 15) is 4.79 Å². The van der Waals surface area contributed by atoms with E-state index >= 15 is 0 Å². The van der Waals surface area contributed by atoms with Crippen molar-refractivity contribution in [2.45, 2.75) is 84.0 Å². The highest BCUT2D eigenvalue weighted by molar-refractivity contribution is 5.97. The van der Waals surface area contributed by atoms with E-state index in [0.29, 0.717) is 23.5 Å². The second kappa shape index (κ2) is 13.6. The molecule has 0 saturated carbocycles. The predicted octanol–water partition coefficient (Wildman–Crippen LogP) is 5.71. The van der Waals surface area contributed by atoms with Crippen LogP contribution in [0, 0.1) is 0 Å². The Bertz CT molecular complexity index is 489. The molecule has 4 N–H and O–H groups in total. The van der Waals surface area contributed by atoms with Gasteiger partial charge >= 0.3 is 5.97 Å². The molecule has 0 amide bonds. The number of hydrogen-bond acceptors (Lipinski definition) is 4. The number of unbranched alkanes of at least 4 members (excludes halogenated alkanes) is 11. The first-order chi connectivity index (χ1) is 12.2. The van der Waals surface area contributed by atoms with Gasteiger partial charge in [-0.15, -0.1) is 0 Å². The maximum atomic E-state index is 12.0. The number of para-hydroxylation sites is 1. The van der Waals surface area contributed by atoms with E-state index in [-0.39, 0.29) is 5.97 Å². The van der Waals surface area contributed by atoms with Gasteiger partial charge in [0.05, 0.1) is 23.5 Å². The van der Waals surface area contributed by atoms with Gasteiger partial charge in [-0.3, -0.25) is 0 Å². The Morgan fingerprint density at radius 2 is 1.36 bits per heavy atom. The molecular formula is C21H36N2O2. The van der Waals surface area contributed by atoms with Gasteiger partial charge in [0, 0.05) is 0 Å². The number of nitrogens with two attached hydrogens (primary N) is 2. The molecule has 0 radical (unpaired) electrons. The molecule has 0 bridgehead atoms. The molecule has 0 fully saturated rings. The summed E-state index contributed by atoms with van der Waals surface area (Å²) in [4.78, 5) is 12.0. The zero-order valence-electron chi connectivity index (χ0n) is 15.9. The van der Waals surface area contributed by atoms with Crippen molar-refractivity contribution in [1.29, 1.82) is 0 Å². The summed E-state index contributed by atoms with van der Waals surface area (Å²) in [5.74, 6) is -0.382. The lowest BCUT2D eigenvalue weighted by Gasteiger charge is -2.08. The summed E-state index contributed by atoms with van der Waals surface area (Å²) in [7, 11) is 0. The van der Waals surface area contributed by atoms with Gasteiger partial charge in [-0.1, -0.05) is 83.6 Å². The van der Waals surface area contributed by atoms with Gasteiger partial charge in [-0.25, -0.2) is 4.79 Å². The number of rotatable bonds is 14. The van der Waals surface area contributed by atoms with Crippen molar-refractivity contribution in [3.63, 3.8) is 0 Å². The third-order valence-electron chi connectivity index (χ3n) is 4.59. The SMILES string of the molecule is CCCCCCCCCCCCCCOC(=O)c1cccc(N)c1N. The van der Waals surface area contributed by atoms with Crippen molar-refractivity contribution >= 4 is 17.3 Å². The van der Waals surface area contributed by atoms with E-state index < -0.39 is 0 Å². The number of nitrogen functional groups attached to an aromatic ring is 2. The van der Waals surface area contributed by atoms with Crippen LogP contribution in [0.5, 0.6) is 0 Å². The first-order valence-corrected chi connectivity index (χ1v) is 9.98. The Morgan fingerprint density at radius 3 is 1.92 bits per heavy atom. The third kappa shape index (κ3) is 9.37.